The van der Waals surface area contributed by atoms with E-state index in [-0.39, 0.29) is 5.91 Å². The highest BCUT2D eigenvalue weighted by atomic mass is 32.1. The third kappa shape index (κ3) is 4.31. The van der Waals surface area contributed by atoms with E-state index in [0.29, 0.717) is 25.1 Å². The summed E-state index contributed by atoms with van der Waals surface area (Å²) >= 11 is 1.51. The van der Waals surface area contributed by atoms with E-state index < -0.39 is 5.91 Å². The van der Waals surface area contributed by atoms with E-state index in [1.165, 1.54) is 17.8 Å². The van der Waals surface area contributed by atoms with Crippen molar-refractivity contribution in [3.8, 4) is 0 Å². The molecule has 0 bridgehead atoms. The zero-order valence-electron chi connectivity index (χ0n) is 11.6. The number of carbonyl (C=O) groups is 2. The summed E-state index contributed by atoms with van der Waals surface area (Å²) < 4.78 is 0. The second-order valence-corrected chi connectivity index (χ2v) is 6.03. The van der Waals surface area contributed by atoms with Gasteiger partial charge < -0.3 is 16.0 Å². The average Bonchev–Trinajstić information content (AvgIpc) is 2.93. The number of hydrogen-bond acceptors (Lipinski definition) is 4. The fourth-order valence-corrected chi connectivity index (χ4v) is 3.15. The highest BCUT2D eigenvalue weighted by Gasteiger charge is 2.15. The van der Waals surface area contributed by atoms with Gasteiger partial charge in [0.15, 0.2) is 0 Å². The van der Waals surface area contributed by atoms with Gasteiger partial charge in [0.05, 0.1) is 5.56 Å². The second kappa shape index (κ2) is 7.40. The third-order valence-electron chi connectivity index (χ3n) is 3.46. The number of nitrogens with one attached hydrogen (secondary N) is 1. The molecule has 5 nitrogen and oxygen atoms in total. The van der Waals surface area contributed by atoms with Crippen LogP contribution in [0.5, 0.6) is 0 Å². The second-order valence-electron chi connectivity index (χ2n) is 5.03. The number of hydrogen-bond donors (Lipinski definition) is 2. The molecule has 0 atom stereocenters. The van der Waals surface area contributed by atoms with Crippen molar-refractivity contribution >= 4 is 23.2 Å². The topological polar surface area (TPSA) is 75.4 Å². The van der Waals surface area contributed by atoms with Crippen molar-refractivity contribution in [1.82, 2.24) is 10.2 Å². The van der Waals surface area contributed by atoms with Crippen molar-refractivity contribution in [1.29, 1.82) is 0 Å². The van der Waals surface area contributed by atoms with Gasteiger partial charge in [-0.2, -0.15) is 0 Å². The monoisotopic (exact) mass is 295 g/mol. The molecular weight excluding hydrogens is 274 g/mol. The number of piperidine rings is 1. The number of nitrogens with two attached hydrogens (primary N) is 1. The molecule has 1 aromatic heterocycles. The van der Waals surface area contributed by atoms with Gasteiger partial charge in [0.1, 0.15) is 0 Å². The van der Waals surface area contributed by atoms with Crippen molar-refractivity contribution in [2.24, 2.45) is 5.73 Å². The SMILES string of the molecule is NC(=O)c1csc(CNCCC(=O)N2CCCCC2)c1. The largest absolute Gasteiger partial charge is 0.366 e. The van der Waals surface area contributed by atoms with E-state index in [1.807, 2.05) is 4.90 Å². The lowest BCUT2D eigenvalue weighted by molar-refractivity contribution is -0.131. The molecule has 1 aliphatic heterocycles. The normalized spacial score (nSPS) is 15.3. The molecule has 6 heteroatoms. The van der Waals surface area contributed by atoms with Crippen LogP contribution in [0.1, 0.15) is 40.9 Å². The maximum absolute atomic E-state index is 11.9. The van der Waals surface area contributed by atoms with Crippen LogP contribution in [0.25, 0.3) is 0 Å². The van der Waals surface area contributed by atoms with E-state index in [0.717, 1.165) is 30.8 Å². The molecule has 0 unspecified atom stereocenters. The zero-order valence-corrected chi connectivity index (χ0v) is 12.4. The minimum atomic E-state index is -0.396. The Morgan fingerprint density at radius 1 is 1.30 bits per heavy atom. The summed E-state index contributed by atoms with van der Waals surface area (Å²) in [6.07, 6.45) is 4.03. The number of likely N-dealkylation sites (tertiary alicyclic amines) is 1. The van der Waals surface area contributed by atoms with Gasteiger partial charge in [-0.25, -0.2) is 0 Å². The molecule has 0 aliphatic carbocycles. The Morgan fingerprint density at radius 2 is 2.05 bits per heavy atom. The Labute approximate surface area is 123 Å². The fourth-order valence-electron chi connectivity index (χ4n) is 2.31. The van der Waals surface area contributed by atoms with E-state index >= 15 is 0 Å². The van der Waals surface area contributed by atoms with Crippen LogP contribution in [0.2, 0.25) is 0 Å². The summed E-state index contributed by atoms with van der Waals surface area (Å²) in [6, 6.07) is 1.80. The van der Waals surface area contributed by atoms with Crippen molar-refractivity contribution in [3.63, 3.8) is 0 Å². The van der Waals surface area contributed by atoms with Crippen LogP contribution < -0.4 is 11.1 Å². The van der Waals surface area contributed by atoms with E-state index in [4.69, 9.17) is 5.73 Å². The summed E-state index contributed by atoms with van der Waals surface area (Å²) in [5, 5.41) is 5.00. The Kier molecular flexibility index (Phi) is 5.55. The predicted octanol–water partition coefficient (Wildman–Crippen LogP) is 1.34. The average molecular weight is 295 g/mol. The third-order valence-corrected chi connectivity index (χ3v) is 4.40. The van der Waals surface area contributed by atoms with Crippen LogP contribution >= 0.6 is 11.3 Å². The van der Waals surface area contributed by atoms with Gasteiger partial charge in [-0.05, 0) is 25.3 Å². The molecular formula is C14H21N3O2S. The predicted molar refractivity (Wildman–Crippen MR) is 79.6 cm³/mol. The van der Waals surface area contributed by atoms with Crippen LogP contribution in [0.4, 0.5) is 0 Å². The van der Waals surface area contributed by atoms with Gasteiger partial charge in [0, 0.05) is 42.9 Å². The van der Waals surface area contributed by atoms with Gasteiger partial charge >= 0.3 is 0 Å². The Bertz CT molecular complexity index is 467. The van der Waals surface area contributed by atoms with Crippen molar-refractivity contribution in [3.05, 3.63) is 21.9 Å². The van der Waals surface area contributed by atoms with Crippen molar-refractivity contribution < 1.29 is 9.59 Å². The molecule has 110 valence electrons. The van der Waals surface area contributed by atoms with E-state index in [9.17, 15) is 9.59 Å². The number of primary amides is 1. The zero-order chi connectivity index (χ0) is 14.4. The molecule has 20 heavy (non-hydrogen) atoms. The first kappa shape index (κ1) is 15.0. The number of amides is 2. The maximum atomic E-state index is 11.9. The molecule has 2 heterocycles. The summed E-state index contributed by atoms with van der Waals surface area (Å²) in [7, 11) is 0. The minimum Gasteiger partial charge on any atom is -0.366 e. The fraction of sp³-hybridized carbons (Fsp3) is 0.571. The molecule has 0 saturated carbocycles. The quantitative estimate of drug-likeness (QED) is 0.778. The van der Waals surface area contributed by atoms with Crippen LogP contribution in [-0.4, -0.2) is 36.3 Å². The van der Waals surface area contributed by atoms with Gasteiger partial charge in [0.25, 0.3) is 0 Å². The van der Waals surface area contributed by atoms with E-state index in [2.05, 4.69) is 5.32 Å². The first-order valence-electron chi connectivity index (χ1n) is 7.02. The standard InChI is InChI=1S/C14H21N3O2S/c15-14(19)11-8-12(20-10-11)9-16-5-4-13(18)17-6-2-1-3-7-17/h8,10,16H,1-7,9H2,(H2,15,19). The van der Waals surface area contributed by atoms with Crippen LogP contribution in [0.15, 0.2) is 11.4 Å². The maximum Gasteiger partial charge on any atom is 0.249 e. The highest BCUT2D eigenvalue weighted by Crippen LogP contribution is 2.14. The lowest BCUT2D eigenvalue weighted by Gasteiger charge is -2.26. The number of nitrogens with zero attached hydrogens (tertiary/aromatic N) is 1. The number of carbonyl (C=O) groups excluding carboxylic acids is 2. The van der Waals surface area contributed by atoms with Crippen LogP contribution in [0, 0.1) is 0 Å². The smallest absolute Gasteiger partial charge is 0.249 e. The number of rotatable bonds is 6. The molecule has 0 aromatic carbocycles. The summed E-state index contributed by atoms with van der Waals surface area (Å²) in [5.74, 6) is -0.158. The lowest BCUT2D eigenvalue weighted by Crippen LogP contribution is -2.37. The molecule has 2 rings (SSSR count). The molecule has 2 amide bonds. The van der Waals surface area contributed by atoms with Crippen LogP contribution in [-0.2, 0) is 11.3 Å². The van der Waals surface area contributed by atoms with Gasteiger partial charge in [0.2, 0.25) is 11.8 Å². The van der Waals surface area contributed by atoms with Gasteiger partial charge in [-0.3, -0.25) is 9.59 Å². The van der Waals surface area contributed by atoms with Crippen molar-refractivity contribution in [2.75, 3.05) is 19.6 Å². The highest BCUT2D eigenvalue weighted by molar-refractivity contribution is 7.10. The molecule has 0 radical (unpaired) electrons. The molecule has 1 fully saturated rings. The molecule has 1 aliphatic rings. The summed E-state index contributed by atoms with van der Waals surface area (Å²) in [6.45, 7) is 3.15. The Hall–Kier alpha value is -1.40. The molecule has 0 spiro atoms. The first-order chi connectivity index (χ1) is 9.66. The summed E-state index contributed by atoms with van der Waals surface area (Å²) in [4.78, 5) is 25.9. The number of thiophene rings is 1. The lowest BCUT2D eigenvalue weighted by atomic mass is 10.1. The molecule has 1 aromatic rings. The van der Waals surface area contributed by atoms with E-state index in [1.54, 1.807) is 11.4 Å². The van der Waals surface area contributed by atoms with Gasteiger partial charge in [-0.1, -0.05) is 0 Å². The summed E-state index contributed by atoms with van der Waals surface area (Å²) in [5.41, 5.74) is 5.75. The minimum absolute atomic E-state index is 0.237. The van der Waals surface area contributed by atoms with Gasteiger partial charge in [-0.15, -0.1) is 11.3 Å². The van der Waals surface area contributed by atoms with Crippen molar-refractivity contribution in [2.45, 2.75) is 32.2 Å². The Balaban J connectivity index is 1.65. The molecule has 3 N–H and O–H groups in total. The van der Waals surface area contributed by atoms with Crippen LogP contribution in [0.3, 0.4) is 0 Å². The Morgan fingerprint density at radius 3 is 2.70 bits per heavy atom. The molecule has 1 saturated heterocycles. The first-order valence-corrected chi connectivity index (χ1v) is 7.90.